The van der Waals surface area contributed by atoms with E-state index in [2.05, 4.69) is 20.4 Å². The summed E-state index contributed by atoms with van der Waals surface area (Å²) in [6.45, 7) is 0. The largest absolute Gasteiger partial charge is 0.353 e. The minimum atomic E-state index is -0.210. The highest BCUT2D eigenvalue weighted by molar-refractivity contribution is 5.74. The normalized spacial score (nSPS) is 20.6. The predicted molar refractivity (Wildman–Crippen MR) is 89.5 cm³/mol. The van der Waals surface area contributed by atoms with Crippen molar-refractivity contribution in [2.45, 2.75) is 31.2 Å². The van der Waals surface area contributed by atoms with Crippen LogP contribution < -0.4 is 10.9 Å². The first kappa shape index (κ1) is 14.9. The number of H-pyrrole nitrogens is 1. The van der Waals surface area contributed by atoms with Gasteiger partial charge in [-0.25, -0.2) is 4.39 Å². The molecule has 1 fully saturated rings. The topological polar surface area (TPSA) is 75.6 Å². The third kappa shape index (κ3) is 2.66. The fraction of sp³-hybridized carbons (Fsp3) is 0.353. The van der Waals surface area contributed by atoms with Crippen LogP contribution in [0.4, 0.5) is 10.3 Å². The molecule has 124 valence electrons. The summed E-state index contributed by atoms with van der Waals surface area (Å²) in [5, 5.41) is 7.87. The maximum Gasteiger partial charge on any atom is 0.263 e. The van der Waals surface area contributed by atoms with Crippen LogP contribution in [0.1, 0.15) is 30.7 Å². The van der Waals surface area contributed by atoms with Gasteiger partial charge in [0.2, 0.25) is 5.95 Å². The molecule has 2 aromatic heterocycles. The van der Waals surface area contributed by atoms with E-state index in [4.69, 9.17) is 0 Å². The Hall–Kier alpha value is -2.70. The van der Waals surface area contributed by atoms with Crippen LogP contribution in [0.15, 0.2) is 35.3 Å². The average molecular weight is 327 g/mol. The van der Waals surface area contributed by atoms with Crippen LogP contribution >= 0.6 is 0 Å². The molecule has 0 radical (unpaired) electrons. The molecule has 1 saturated carbocycles. The molecule has 4 rings (SSSR count). The zero-order valence-corrected chi connectivity index (χ0v) is 13.3. The fourth-order valence-corrected chi connectivity index (χ4v) is 3.44. The van der Waals surface area contributed by atoms with E-state index in [1.54, 1.807) is 11.7 Å². The van der Waals surface area contributed by atoms with E-state index < -0.39 is 0 Å². The zero-order valence-electron chi connectivity index (χ0n) is 13.3. The van der Waals surface area contributed by atoms with Gasteiger partial charge in [0.25, 0.3) is 5.56 Å². The van der Waals surface area contributed by atoms with Crippen LogP contribution in [0.25, 0.3) is 11.0 Å². The number of nitrogens with zero attached hydrogens (tertiary/aromatic N) is 3. The van der Waals surface area contributed by atoms with Gasteiger partial charge in [0, 0.05) is 13.1 Å². The molecule has 24 heavy (non-hydrogen) atoms. The maximum atomic E-state index is 13.0. The number of hydrogen-bond acceptors (Lipinski definition) is 4. The first-order valence-electron chi connectivity index (χ1n) is 8.04. The number of aryl methyl sites for hydroxylation is 1. The van der Waals surface area contributed by atoms with Gasteiger partial charge < -0.3 is 5.32 Å². The third-order valence-electron chi connectivity index (χ3n) is 4.72. The highest BCUT2D eigenvalue weighted by Gasteiger charge is 2.26. The lowest BCUT2D eigenvalue weighted by Gasteiger charge is -2.14. The van der Waals surface area contributed by atoms with E-state index in [-0.39, 0.29) is 17.4 Å². The highest BCUT2D eigenvalue weighted by atomic mass is 19.1. The molecule has 0 spiro atoms. The fourth-order valence-electron chi connectivity index (χ4n) is 3.44. The van der Waals surface area contributed by atoms with E-state index in [9.17, 15) is 9.18 Å². The first-order chi connectivity index (χ1) is 11.6. The van der Waals surface area contributed by atoms with E-state index in [0.29, 0.717) is 22.9 Å². The summed E-state index contributed by atoms with van der Waals surface area (Å²) in [7, 11) is 1.76. The van der Waals surface area contributed by atoms with Crippen LogP contribution in [0.3, 0.4) is 0 Å². The van der Waals surface area contributed by atoms with Crippen molar-refractivity contribution < 1.29 is 4.39 Å². The summed E-state index contributed by atoms with van der Waals surface area (Å²) in [5.74, 6) is 0.661. The summed E-state index contributed by atoms with van der Waals surface area (Å²) in [5.41, 5.74) is 1.53. The Morgan fingerprint density at radius 1 is 1.29 bits per heavy atom. The van der Waals surface area contributed by atoms with E-state index in [1.165, 1.54) is 18.3 Å². The molecule has 0 unspecified atom stereocenters. The highest BCUT2D eigenvalue weighted by Crippen LogP contribution is 2.35. The second kappa shape index (κ2) is 5.74. The average Bonchev–Trinajstić information content (AvgIpc) is 3.16. The van der Waals surface area contributed by atoms with Gasteiger partial charge in [0.1, 0.15) is 11.2 Å². The molecule has 6 nitrogen and oxygen atoms in total. The number of fused-ring (bicyclic) bond motifs is 1. The Bertz CT molecular complexity index is 930. The Morgan fingerprint density at radius 2 is 2.08 bits per heavy atom. The molecule has 0 saturated heterocycles. The molecular weight excluding hydrogens is 309 g/mol. The molecule has 3 aromatic rings. The summed E-state index contributed by atoms with van der Waals surface area (Å²) in [6.07, 6.45) is 4.46. The molecule has 0 aliphatic heterocycles. The molecule has 1 aliphatic carbocycles. The van der Waals surface area contributed by atoms with Crippen LogP contribution in [0, 0.1) is 5.82 Å². The van der Waals surface area contributed by atoms with Gasteiger partial charge in [0.05, 0.1) is 6.20 Å². The predicted octanol–water partition coefficient (Wildman–Crippen LogP) is 2.54. The van der Waals surface area contributed by atoms with Crippen molar-refractivity contribution in [1.82, 2.24) is 19.7 Å². The summed E-state index contributed by atoms with van der Waals surface area (Å²) in [6, 6.07) is 6.94. The van der Waals surface area contributed by atoms with Gasteiger partial charge in [-0.2, -0.15) is 10.1 Å². The molecule has 2 N–H and O–H groups in total. The summed E-state index contributed by atoms with van der Waals surface area (Å²) in [4.78, 5) is 19.3. The minimum absolute atomic E-state index is 0.191. The van der Waals surface area contributed by atoms with Gasteiger partial charge in [0.15, 0.2) is 5.65 Å². The second-order valence-electron chi connectivity index (χ2n) is 6.32. The van der Waals surface area contributed by atoms with Gasteiger partial charge in [-0.1, -0.05) is 12.1 Å². The lowest BCUT2D eigenvalue weighted by Crippen LogP contribution is -2.20. The van der Waals surface area contributed by atoms with Crippen LogP contribution in [0.5, 0.6) is 0 Å². The van der Waals surface area contributed by atoms with Crippen molar-refractivity contribution >= 4 is 17.0 Å². The van der Waals surface area contributed by atoms with E-state index >= 15 is 0 Å². The number of benzene rings is 1. The number of hydrogen-bond donors (Lipinski definition) is 2. The summed E-state index contributed by atoms with van der Waals surface area (Å²) < 4.78 is 14.6. The number of halogens is 1. The Kier molecular flexibility index (Phi) is 3.55. The molecule has 2 atom stereocenters. The van der Waals surface area contributed by atoms with Crippen molar-refractivity contribution in [3.8, 4) is 0 Å². The lowest BCUT2D eigenvalue weighted by molar-refractivity contribution is 0.624. The molecule has 0 amide bonds. The van der Waals surface area contributed by atoms with Crippen molar-refractivity contribution in [3.63, 3.8) is 0 Å². The molecule has 2 heterocycles. The Labute approximate surface area is 137 Å². The quantitative estimate of drug-likeness (QED) is 0.775. The number of anilines is 1. The molecule has 7 heteroatoms. The minimum Gasteiger partial charge on any atom is -0.353 e. The smallest absolute Gasteiger partial charge is 0.263 e. The lowest BCUT2D eigenvalue weighted by atomic mass is 9.97. The van der Waals surface area contributed by atoms with Gasteiger partial charge in [-0.15, -0.1) is 0 Å². The van der Waals surface area contributed by atoms with Gasteiger partial charge in [-0.05, 0) is 42.9 Å². The van der Waals surface area contributed by atoms with E-state index in [1.807, 2.05) is 12.1 Å². The second-order valence-corrected chi connectivity index (χ2v) is 6.32. The van der Waals surface area contributed by atoms with Crippen LogP contribution in [-0.2, 0) is 7.05 Å². The van der Waals surface area contributed by atoms with Gasteiger partial charge in [-0.3, -0.25) is 14.5 Å². The molecular formula is C17H18FN5O. The van der Waals surface area contributed by atoms with Crippen molar-refractivity contribution in [2.24, 2.45) is 7.05 Å². The standard InChI is InChI=1S/C17H18FN5O/c1-23-15-14(9-19-23)16(24)22-17(21-15)20-13-7-4-11(8-13)10-2-5-12(18)6-3-10/h2-3,5-6,9,11,13H,4,7-8H2,1H3,(H2,20,21,22,24)/t11-,13+/m1/s1. The Morgan fingerprint density at radius 3 is 2.88 bits per heavy atom. The number of nitrogens with one attached hydrogen (secondary N) is 2. The molecule has 1 aromatic carbocycles. The summed E-state index contributed by atoms with van der Waals surface area (Å²) >= 11 is 0. The monoisotopic (exact) mass is 327 g/mol. The number of aromatic amines is 1. The number of aromatic nitrogens is 4. The third-order valence-corrected chi connectivity index (χ3v) is 4.72. The van der Waals surface area contributed by atoms with Crippen molar-refractivity contribution in [2.75, 3.05) is 5.32 Å². The van der Waals surface area contributed by atoms with Crippen molar-refractivity contribution in [1.29, 1.82) is 0 Å². The first-order valence-corrected chi connectivity index (χ1v) is 8.04. The van der Waals surface area contributed by atoms with Gasteiger partial charge >= 0.3 is 0 Å². The van der Waals surface area contributed by atoms with Crippen LogP contribution in [-0.4, -0.2) is 25.8 Å². The zero-order chi connectivity index (χ0) is 16.7. The maximum absolute atomic E-state index is 13.0. The number of rotatable bonds is 3. The van der Waals surface area contributed by atoms with E-state index in [0.717, 1.165) is 24.8 Å². The van der Waals surface area contributed by atoms with Crippen molar-refractivity contribution in [3.05, 3.63) is 52.2 Å². The SMILES string of the molecule is Cn1ncc2c(=O)[nH]c(N[C@H]3CC[C@@H](c4ccc(F)cc4)C3)nc21. The van der Waals surface area contributed by atoms with Crippen LogP contribution in [0.2, 0.25) is 0 Å². The molecule has 0 bridgehead atoms. The Balaban J connectivity index is 1.51. The molecule has 1 aliphatic rings.